The Labute approximate surface area is 295 Å². The molecule has 0 fully saturated rings. The Kier molecular flexibility index (Phi) is 29.9. The summed E-state index contributed by atoms with van der Waals surface area (Å²) < 4.78 is 35.6. The molecule has 0 radical (unpaired) electrons. The molecule has 0 aliphatic rings. The second-order valence-corrected chi connectivity index (χ2v) is 11.0. The van der Waals surface area contributed by atoms with E-state index in [1.807, 2.05) is 19.1 Å². The largest absolute Gasteiger partial charge is 0.481 e. The first-order chi connectivity index (χ1) is 24.6. The van der Waals surface area contributed by atoms with E-state index in [0.29, 0.717) is 83.3 Å². The second kappa shape index (κ2) is 32.4. The van der Waals surface area contributed by atoms with Crippen molar-refractivity contribution in [3.63, 3.8) is 0 Å². The van der Waals surface area contributed by atoms with Crippen molar-refractivity contribution in [3.8, 4) is 0 Å². The molecule has 1 rings (SSSR count). The van der Waals surface area contributed by atoms with Gasteiger partial charge in [0.2, 0.25) is 11.8 Å². The summed E-state index contributed by atoms with van der Waals surface area (Å²) in [5.74, 6) is -2.24. The molecule has 1 atom stereocenters. The van der Waals surface area contributed by atoms with Crippen molar-refractivity contribution in [2.24, 2.45) is 5.73 Å². The van der Waals surface area contributed by atoms with Crippen LogP contribution in [0.3, 0.4) is 0 Å². The number of nitrogens with one attached hydrogen (secondary N) is 2. The highest BCUT2D eigenvalue weighted by Gasteiger charge is 2.17. The first-order valence-electron chi connectivity index (χ1n) is 17.2. The number of carboxylic acid groups (broad SMARTS) is 1. The molecule has 0 saturated heterocycles. The smallest absolute Gasteiger partial charge is 0.303 e. The predicted molar refractivity (Wildman–Crippen MR) is 182 cm³/mol. The number of benzene rings is 1. The fourth-order valence-corrected chi connectivity index (χ4v) is 4.17. The molecule has 0 heterocycles. The number of aliphatic carboxylic acids is 1. The van der Waals surface area contributed by atoms with Crippen molar-refractivity contribution in [2.75, 3.05) is 59.4 Å². The van der Waals surface area contributed by atoms with Gasteiger partial charge >= 0.3 is 5.97 Å². The number of carbonyl (C=O) groups is 6. The Morgan fingerprint density at radius 2 is 1.30 bits per heavy atom. The van der Waals surface area contributed by atoms with Crippen molar-refractivity contribution in [1.29, 1.82) is 0 Å². The van der Waals surface area contributed by atoms with Crippen molar-refractivity contribution < 1.29 is 64.0 Å². The Morgan fingerprint density at radius 3 is 1.88 bits per heavy atom. The number of hydrogen-bond donors (Lipinski definition) is 5. The van der Waals surface area contributed by atoms with Crippen molar-refractivity contribution in [1.82, 2.24) is 10.6 Å². The number of aryl methyl sites for hydroxylation is 1. The average Bonchev–Trinajstić information content (AvgIpc) is 3.11. The maximum absolute atomic E-state index is 12.1. The third-order valence-electron chi connectivity index (χ3n) is 6.77. The van der Waals surface area contributed by atoms with E-state index in [-0.39, 0.29) is 63.3 Å². The molecule has 1 unspecified atom stereocenters. The van der Waals surface area contributed by atoms with Gasteiger partial charge in [0.15, 0.2) is 5.78 Å². The number of hydrogen-bond acceptors (Lipinski definition) is 11. The van der Waals surface area contributed by atoms with E-state index in [4.69, 9.17) is 41.0 Å². The van der Waals surface area contributed by atoms with Gasteiger partial charge in [0.1, 0.15) is 25.0 Å². The Hall–Kier alpha value is -3.83. The summed E-state index contributed by atoms with van der Waals surface area (Å²) in [5, 5.41) is 19.5. The highest BCUT2D eigenvalue weighted by atomic mass is 19.3. The summed E-state index contributed by atoms with van der Waals surface area (Å²) in [7, 11) is 1.25. The number of unbranched alkanes of at least 4 members (excludes halogenated alkanes) is 1. The van der Waals surface area contributed by atoms with Crippen molar-refractivity contribution in [3.05, 3.63) is 35.4 Å². The molecule has 286 valence electrons. The van der Waals surface area contributed by atoms with E-state index in [0.717, 1.165) is 5.56 Å². The fourth-order valence-electron chi connectivity index (χ4n) is 4.17. The van der Waals surface area contributed by atoms with Gasteiger partial charge < -0.3 is 40.4 Å². The van der Waals surface area contributed by atoms with E-state index in [9.17, 15) is 28.8 Å². The van der Waals surface area contributed by atoms with E-state index >= 15 is 0 Å². The first-order valence-corrected chi connectivity index (χ1v) is 16.2. The minimum Gasteiger partial charge on any atom is -0.481 e. The molecule has 0 aliphatic heterocycles. The molecule has 1 aromatic rings. The highest BCUT2D eigenvalue weighted by molar-refractivity contribution is 5.94. The lowest BCUT2D eigenvalue weighted by Crippen LogP contribution is -2.45. The third kappa shape index (κ3) is 28.1. The Bertz CT molecular complexity index is 1110. The number of nitrogens with two attached hydrogens (primary N) is 1. The summed E-state index contributed by atoms with van der Waals surface area (Å²) >= 11 is 0. The normalized spacial score (nSPS) is 11.1. The van der Waals surface area contributed by atoms with E-state index in [2.05, 4.69) is 10.6 Å². The van der Waals surface area contributed by atoms with Gasteiger partial charge in [-0.15, -0.1) is 0 Å². The van der Waals surface area contributed by atoms with Crippen LogP contribution in [0.4, 0.5) is 4.53 Å². The summed E-state index contributed by atoms with van der Waals surface area (Å²) in [4.78, 5) is 70.0. The Balaban J connectivity index is 0. The lowest BCUT2D eigenvalue weighted by Gasteiger charge is -2.15. The number of ether oxygens (including phenoxy) is 4. The van der Waals surface area contributed by atoms with Gasteiger partial charge in [-0.2, -0.15) is 0 Å². The molecular weight excluding hydrogens is 661 g/mol. The van der Waals surface area contributed by atoms with Crippen molar-refractivity contribution in [2.45, 2.75) is 84.6 Å². The topological polar surface area (TPSA) is 230 Å². The molecule has 0 bridgehead atoms. The number of rotatable bonds is 30. The quantitative estimate of drug-likeness (QED) is 0.0722. The van der Waals surface area contributed by atoms with Crippen LogP contribution in [-0.2, 0) is 42.9 Å². The maximum atomic E-state index is 12.1. The monoisotopic (exact) mass is 719 g/mol. The standard InChI is InChI=1S/C33H51N3O11.CH4.FHO/c1-25-12-14-26(15-13-25)33(43)35-16-3-2-10-29(32(34)42)36-30(39)24-47-22-20-45-18-6-9-28(38)23-46-21-19-44-17-5-8-27(37)7-4-11-31(40)41;;1-2/h12-15,29H,2-11,16-24H2,1H3,(H2,34,42)(H,35,43)(H,36,39)(H,40,41);1H4;2H/i;1T;. The van der Waals surface area contributed by atoms with Crippen LogP contribution in [-0.4, -0.2) is 111 Å². The van der Waals surface area contributed by atoms with Crippen LogP contribution in [0.5, 0.6) is 0 Å². The molecule has 6 N–H and O–H groups in total. The van der Waals surface area contributed by atoms with Gasteiger partial charge in [-0.25, -0.2) is 5.31 Å². The molecule has 0 aromatic heterocycles. The van der Waals surface area contributed by atoms with Crippen LogP contribution < -0.4 is 16.4 Å². The minimum absolute atomic E-state index is 0.00610. The average molecular weight is 720 g/mol. The number of carbonyl (C=O) groups excluding carboxylic acids is 5. The van der Waals surface area contributed by atoms with Crippen LogP contribution >= 0.6 is 0 Å². The molecule has 0 saturated carbocycles. The highest BCUT2D eigenvalue weighted by Crippen LogP contribution is 2.05. The zero-order chi connectivity index (χ0) is 38.7. The molecule has 15 nitrogen and oxygen atoms in total. The molecular formula is C34H56FN3O12. The number of primary amides is 1. The third-order valence-corrected chi connectivity index (χ3v) is 6.77. The zero-order valence-electron chi connectivity index (χ0n) is 30.3. The van der Waals surface area contributed by atoms with E-state index in [1.54, 1.807) is 12.1 Å². The van der Waals surface area contributed by atoms with Crippen molar-refractivity contribution >= 4 is 35.3 Å². The molecule has 1 aromatic carbocycles. The lowest BCUT2D eigenvalue weighted by molar-refractivity contribution is -0.137. The molecule has 50 heavy (non-hydrogen) atoms. The first kappa shape index (κ1) is 46.2. The van der Waals surface area contributed by atoms with Gasteiger partial charge in [-0.05, 0) is 57.6 Å². The predicted octanol–water partition coefficient (Wildman–Crippen LogP) is 2.38. The van der Waals surface area contributed by atoms with Gasteiger partial charge in [0.05, 0.1) is 26.4 Å². The van der Waals surface area contributed by atoms with Gasteiger partial charge in [-0.3, -0.25) is 28.8 Å². The molecule has 0 aliphatic carbocycles. The van der Waals surface area contributed by atoms with Gasteiger partial charge in [0, 0.05) is 52.4 Å². The molecule has 3 amide bonds. The van der Waals surface area contributed by atoms with E-state index < -0.39 is 23.8 Å². The summed E-state index contributed by atoms with van der Waals surface area (Å²) in [6.07, 6.45) is 3.84. The number of amides is 3. The molecule has 0 spiro atoms. The van der Waals surface area contributed by atoms with Gasteiger partial charge in [-0.1, -0.05) is 29.6 Å². The SMILES string of the molecule is Cc1ccc(C(=O)NCCCCC(NC(=O)COCCOCCCC(=O)COCCOCCCC(=O)CCCC(=O)O)C(N)=O)cc1.OF.[3H]C. The van der Waals surface area contributed by atoms with E-state index in [1.165, 1.54) is 7.40 Å². The number of carboxylic acids is 1. The van der Waals surface area contributed by atoms with Crippen LogP contribution in [0.2, 0.25) is 0 Å². The molecule has 16 heteroatoms. The maximum Gasteiger partial charge on any atom is 0.303 e. The van der Waals surface area contributed by atoms with Crippen LogP contribution in [0.25, 0.3) is 0 Å². The fraction of sp³-hybridized carbons (Fsp3) is 0.647. The second-order valence-electron chi connectivity index (χ2n) is 11.0. The van der Waals surface area contributed by atoms with Crippen LogP contribution in [0.15, 0.2) is 24.3 Å². The summed E-state index contributed by atoms with van der Waals surface area (Å²) in [5.41, 5.74) is 7.06. The number of ketones is 2. The lowest BCUT2D eigenvalue weighted by atomic mass is 10.1. The summed E-state index contributed by atoms with van der Waals surface area (Å²) in [6.45, 7) is 3.78. The number of Topliss-reactive ketones (excluding diaryl/α,β-unsaturated/α-hetero) is 2. The number of halogens is 1. The Morgan fingerprint density at radius 1 is 0.760 bits per heavy atom. The minimum atomic E-state index is -0.906. The van der Waals surface area contributed by atoms with Gasteiger partial charge in [0.25, 0.3) is 5.91 Å². The summed E-state index contributed by atoms with van der Waals surface area (Å²) in [6, 6.07) is 6.41. The van der Waals surface area contributed by atoms with Crippen LogP contribution in [0, 0.1) is 6.92 Å². The van der Waals surface area contributed by atoms with Crippen LogP contribution in [0.1, 0.15) is 88.9 Å². The zero-order valence-corrected chi connectivity index (χ0v) is 29.3.